The second-order valence-corrected chi connectivity index (χ2v) is 5.21. The van der Waals surface area contributed by atoms with Gasteiger partial charge < -0.3 is 10.3 Å². The number of hydrogen-bond acceptors (Lipinski definition) is 6. The fourth-order valence-corrected chi connectivity index (χ4v) is 2.54. The highest BCUT2D eigenvalue weighted by Gasteiger charge is 2.14. The number of nitrogens with zero attached hydrogens (tertiary/aromatic N) is 3. The van der Waals surface area contributed by atoms with E-state index in [1.807, 2.05) is 37.4 Å². The van der Waals surface area contributed by atoms with Gasteiger partial charge in [-0.3, -0.25) is 4.98 Å². The Morgan fingerprint density at radius 3 is 2.53 bits per heavy atom. The topological polar surface area (TPSA) is 77.8 Å². The number of pyridine rings is 1. The summed E-state index contributed by atoms with van der Waals surface area (Å²) in [5.41, 5.74) is 9.38. The molecule has 5 nitrogen and oxygen atoms in total. The first-order chi connectivity index (χ1) is 9.13. The summed E-state index contributed by atoms with van der Waals surface area (Å²) in [6.07, 6.45) is 0. The summed E-state index contributed by atoms with van der Waals surface area (Å²) in [7, 11) is 0. The van der Waals surface area contributed by atoms with Gasteiger partial charge in [0, 0.05) is 17.0 Å². The molecule has 0 aliphatic rings. The minimum absolute atomic E-state index is 0.445. The molecule has 3 aromatic rings. The Morgan fingerprint density at radius 2 is 1.89 bits per heavy atom. The average Bonchev–Trinajstić information content (AvgIpc) is 2.95. The minimum atomic E-state index is 0.445. The third-order valence-electron chi connectivity index (χ3n) is 2.69. The smallest absolute Gasteiger partial charge is 0.261 e. The van der Waals surface area contributed by atoms with Gasteiger partial charge in [0.15, 0.2) is 0 Å². The highest BCUT2D eigenvalue weighted by atomic mass is 32.1. The van der Waals surface area contributed by atoms with E-state index in [0.29, 0.717) is 16.7 Å². The lowest BCUT2D eigenvalue weighted by molar-refractivity contribution is 0.432. The molecule has 0 aliphatic heterocycles. The van der Waals surface area contributed by atoms with Gasteiger partial charge in [-0.1, -0.05) is 5.16 Å². The molecule has 0 bridgehead atoms. The van der Waals surface area contributed by atoms with Gasteiger partial charge in [0.05, 0.1) is 10.6 Å². The lowest BCUT2D eigenvalue weighted by Crippen LogP contribution is -1.89. The molecule has 0 fully saturated rings. The summed E-state index contributed by atoms with van der Waals surface area (Å²) in [6.45, 7) is 3.88. The van der Waals surface area contributed by atoms with Crippen molar-refractivity contribution in [1.29, 1.82) is 0 Å². The van der Waals surface area contributed by atoms with Crippen LogP contribution in [0.5, 0.6) is 0 Å². The van der Waals surface area contributed by atoms with E-state index < -0.39 is 0 Å². The van der Waals surface area contributed by atoms with Gasteiger partial charge in [-0.25, -0.2) is 0 Å². The molecule has 3 aromatic heterocycles. The molecule has 0 atom stereocenters. The Hall–Kier alpha value is -2.21. The maximum absolute atomic E-state index is 5.85. The summed E-state index contributed by atoms with van der Waals surface area (Å²) in [5.74, 6) is 0.995. The second kappa shape index (κ2) is 4.47. The number of nitrogens with two attached hydrogens (primary N) is 1. The lowest BCUT2D eigenvalue weighted by Gasteiger charge is -1.98. The number of aromatic nitrogens is 3. The number of hydrogen-bond donors (Lipinski definition) is 1. The van der Waals surface area contributed by atoms with Crippen molar-refractivity contribution in [3.05, 3.63) is 35.0 Å². The van der Waals surface area contributed by atoms with Crippen LogP contribution < -0.4 is 5.73 Å². The van der Waals surface area contributed by atoms with E-state index in [9.17, 15) is 0 Å². The first kappa shape index (κ1) is 11.9. The zero-order chi connectivity index (χ0) is 13.4. The number of thiophene rings is 1. The molecule has 0 aliphatic carbocycles. The molecule has 0 saturated heterocycles. The number of anilines is 1. The normalized spacial score (nSPS) is 10.8. The first-order valence-corrected chi connectivity index (χ1v) is 6.64. The summed E-state index contributed by atoms with van der Waals surface area (Å²) in [6, 6.07) is 5.73. The van der Waals surface area contributed by atoms with Crippen molar-refractivity contribution in [3.8, 4) is 22.8 Å². The highest BCUT2D eigenvalue weighted by Crippen LogP contribution is 2.30. The maximum Gasteiger partial charge on any atom is 0.261 e. The Kier molecular flexibility index (Phi) is 2.79. The lowest BCUT2D eigenvalue weighted by atomic mass is 10.2. The van der Waals surface area contributed by atoms with E-state index in [1.165, 1.54) is 11.3 Å². The van der Waals surface area contributed by atoms with Crippen LogP contribution >= 0.6 is 11.3 Å². The molecule has 0 radical (unpaired) electrons. The number of rotatable bonds is 2. The van der Waals surface area contributed by atoms with Gasteiger partial charge in [-0.15, -0.1) is 11.3 Å². The Bertz CT molecular complexity index is 712. The molecule has 6 heteroatoms. The summed E-state index contributed by atoms with van der Waals surface area (Å²) < 4.78 is 5.27. The van der Waals surface area contributed by atoms with Crippen LogP contribution in [0, 0.1) is 13.8 Å². The van der Waals surface area contributed by atoms with E-state index in [-0.39, 0.29) is 0 Å². The molecule has 96 valence electrons. The average molecular weight is 272 g/mol. The molecule has 0 aromatic carbocycles. The van der Waals surface area contributed by atoms with Crippen LogP contribution in [0.25, 0.3) is 22.8 Å². The van der Waals surface area contributed by atoms with Gasteiger partial charge in [0.2, 0.25) is 5.82 Å². The van der Waals surface area contributed by atoms with Crippen LogP contribution in [-0.4, -0.2) is 15.1 Å². The van der Waals surface area contributed by atoms with E-state index in [4.69, 9.17) is 10.3 Å². The van der Waals surface area contributed by atoms with Crippen molar-refractivity contribution < 1.29 is 4.52 Å². The molecular formula is C13H12N4OS. The van der Waals surface area contributed by atoms with Crippen molar-refractivity contribution >= 4 is 16.3 Å². The SMILES string of the molecule is Cc1cc(-c2noc(-c3ccsc3N)n2)cc(C)n1. The van der Waals surface area contributed by atoms with E-state index in [2.05, 4.69) is 15.1 Å². The molecular weight excluding hydrogens is 260 g/mol. The van der Waals surface area contributed by atoms with Crippen LogP contribution in [0.2, 0.25) is 0 Å². The number of aryl methyl sites for hydroxylation is 2. The molecule has 0 unspecified atom stereocenters. The standard InChI is InChI=1S/C13H12N4OS/c1-7-5-9(6-8(2)15-7)12-16-13(18-17-12)10-3-4-19-11(10)14/h3-6H,14H2,1-2H3. The van der Waals surface area contributed by atoms with Crippen molar-refractivity contribution in [2.24, 2.45) is 0 Å². The summed E-state index contributed by atoms with van der Waals surface area (Å²) in [4.78, 5) is 8.71. The Labute approximate surface area is 114 Å². The monoisotopic (exact) mass is 272 g/mol. The van der Waals surface area contributed by atoms with E-state index in [1.54, 1.807) is 0 Å². The summed E-state index contributed by atoms with van der Waals surface area (Å²) in [5, 5.41) is 6.58. The van der Waals surface area contributed by atoms with Crippen molar-refractivity contribution in [2.45, 2.75) is 13.8 Å². The van der Waals surface area contributed by atoms with Crippen LogP contribution in [0.3, 0.4) is 0 Å². The van der Waals surface area contributed by atoms with Gasteiger partial charge in [-0.05, 0) is 37.4 Å². The fourth-order valence-electron chi connectivity index (χ4n) is 1.91. The number of nitrogen functional groups attached to an aromatic ring is 1. The van der Waals surface area contributed by atoms with Crippen LogP contribution in [0.4, 0.5) is 5.00 Å². The Balaban J connectivity index is 2.04. The first-order valence-electron chi connectivity index (χ1n) is 5.76. The third-order valence-corrected chi connectivity index (χ3v) is 3.44. The molecule has 3 heterocycles. The van der Waals surface area contributed by atoms with Gasteiger partial charge in [-0.2, -0.15) is 4.98 Å². The molecule has 0 amide bonds. The van der Waals surface area contributed by atoms with Crippen molar-refractivity contribution in [1.82, 2.24) is 15.1 Å². The summed E-state index contributed by atoms with van der Waals surface area (Å²) >= 11 is 1.45. The van der Waals surface area contributed by atoms with E-state index >= 15 is 0 Å². The van der Waals surface area contributed by atoms with Crippen LogP contribution in [0.1, 0.15) is 11.4 Å². The third kappa shape index (κ3) is 2.22. The van der Waals surface area contributed by atoms with Gasteiger partial charge >= 0.3 is 0 Å². The largest absolute Gasteiger partial charge is 0.390 e. The molecule has 0 spiro atoms. The zero-order valence-electron chi connectivity index (χ0n) is 10.5. The van der Waals surface area contributed by atoms with Crippen molar-refractivity contribution in [3.63, 3.8) is 0 Å². The van der Waals surface area contributed by atoms with Crippen LogP contribution in [-0.2, 0) is 0 Å². The van der Waals surface area contributed by atoms with Crippen LogP contribution in [0.15, 0.2) is 28.1 Å². The molecule has 19 heavy (non-hydrogen) atoms. The molecule has 3 rings (SSSR count). The molecule has 0 saturated carbocycles. The predicted molar refractivity (Wildman–Crippen MR) is 74.7 cm³/mol. The zero-order valence-corrected chi connectivity index (χ0v) is 11.4. The molecule has 2 N–H and O–H groups in total. The Morgan fingerprint density at radius 1 is 1.16 bits per heavy atom. The predicted octanol–water partition coefficient (Wildman–Crippen LogP) is 3.06. The fraction of sp³-hybridized carbons (Fsp3) is 0.154. The second-order valence-electron chi connectivity index (χ2n) is 4.26. The quantitative estimate of drug-likeness (QED) is 0.775. The van der Waals surface area contributed by atoms with Crippen molar-refractivity contribution in [2.75, 3.05) is 5.73 Å². The van der Waals surface area contributed by atoms with E-state index in [0.717, 1.165) is 22.5 Å². The van der Waals surface area contributed by atoms with Gasteiger partial charge in [0.25, 0.3) is 5.89 Å². The minimum Gasteiger partial charge on any atom is -0.390 e. The maximum atomic E-state index is 5.85. The highest BCUT2D eigenvalue weighted by molar-refractivity contribution is 7.14. The van der Waals surface area contributed by atoms with Gasteiger partial charge in [0.1, 0.15) is 0 Å².